The van der Waals surface area contributed by atoms with Crippen LogP contribution in [-0.4, -0.2) is 39.9 Å². The first-order valence-electron chi connectivity index (χ1n) is 9.12. The minimum Gasteiger partial charge on any atom is -0.467 e. The molecule has 0 saturated carbocycles. The molecule has 0 aliphatic heterocycles. The zero-order valence-electron chi connectivity index (χ0n) is 16.8. The lowest BCUT2D eigenvalue weighted by Gasteiger charge is -2.20. The Hall–Kier alpha value is -3.90. The number of amides is 2. The van der Waals surface area contributed by atoms with Gasteiger partial charge in [0.2, 0.25) is 10.9 Å². The van der Waals surface area contributed by atoms with Gasteiger partial charge in [0.15, 0.2) is 6.61 Å². The number of esters is 1. The summed E-state index contributed by atoms with van der Waals surface area (Å²) in [6.45, 7) is -0.512. The van der Waals surface area contributed by atoms with E-state index < -0.39 is 45.3 Å². The molecule has 0 aliphatic carbocycles. The predicted molar refractivity (Wildman–Crippen MR) is 110 cm³/mol. The second kappa shape index (κ2) is 9.49. The number of likely N-dealkylation sites (N-methyl/N-ethyl adjacent to an activating group) is 1. The van der Waals surface area contributed by atoms with E-state index in [1.165, 1.54) is 13.3 Å². The van der Waals surface area contributed by atoms with E-state index in [9.17, 15) is 22.8 Å². The van der Waals surface area contributed by atoms with Gasteiger partial charge in [-0.1, -0.05) is 12.1 Å². The molecular formula is C20H19N3O8S. The van der Waals surface area contributed by atoms with Crippen molar-refractivity contribution in [3.63, 3.8) is 0 Å². The predicted octanol–water partition coefficient (Wildman–Crippen LogP) is 1.27. The Balaban J connectivity index is 1.63. The number of furan rings is 2. The van der Waals surface area contributed by atoms with Gasteiger partial charge in [-0.2, -0.15) is 0 Å². The topological polar surface area (TPSA) is 162 Å². The number of carbonyl (C=O) groups is 3. The Kier molecular flexibility index (Phi) is 6.76. The Morgan fingerprint density at radius 1 is 1.09 bits per heavy atom. The number of ether oxygens (including phenoxy) is 1. The third-order valence-electron chi connectivity index (χ3n) is 4.28. The number of rotatable bonds is 8. The van der Waals surface area contributed by atoms with Crippen molar-refractivity contribution in [1.82, 2.24) is 5.32 Å². The van der Waals surface area contributed by atoms with E-state index in [4.69, 9.17) is 18.7 Å². The third kappa shape index (κ3) is 5.42. The van der Waals surface area contributed by atoms with Crippen LogP contribution in [0.2, 0.25) is 0 Å². The lowest BCUT2D eigenvalue weighted by atomic mass is 10.1. The molecule has 12 heteroatoms. The van der Waals surface area contributed by atoms with Crippen LogP contribution in [0.4, 0.5) is 5.69 Å². The largest absolute Gasteiger partial charge is 0.467 e. The number of carbonyl (C=O) groups excluding carboxylic acids is 3. The lowest BCUT2D eigenvalue weighted by molar-refractivity contribution is -0.121. The molecule has 0 bridgehead atoms. The summed E-state index contributed by atoms with van der Waals surface area (Å²) in [4.78, 5) is 38.3. The van der Waals surface area contributed by atoms with Gasteiger partial charge in [-0.3, -0.25) is 9.59 Å². The van der Waals surface area contributed by atoms with Crippen LogP contribution >= 0.6 is 0 Å². The number of primary sulfonamides is 1. The van der Waals surface area contributed by atoms with E-state index in [-0.39, 0.29) is 12.1 Å². The van der Waals surface area contributed by atoms with Gasteiger partial charge in [-0.15, -0.1) is 0 Å². The molecule has 3 N–H and O–H groups in total. The average molecular weight is 461 g/mol. The van der Waals surface area contributed by atoms with Crippen LogP contribution in [0.3, 0.4) is 0 Å². The fourth-order valence-corrected chi connectivity index (χ4v) is 3.11. The van der Waals surface area contributed by atoms with Crippen molar-refractivity contribution in [2.24, 2.45) is 5.14 Å². The number of benzene rings is 1. The normalized spacial score (nSPS) is 11.1. The molecule has 32 heavy (non-hydrogen) atoms. The summed E-state index contributed by atoms with van der Waals surface area (Å²) in [7, 11) is -2.70. The summed E-state index contributed by atoms with van der Waals surface area (Å²) in [6.07, 6.45) is 1.49. The fourth-order valence-electron chi connectivity index (χ4n) is 2.65. The highest BCUT2D eigenvalue weighted by molar-refractivity contribution is 7.89. The molecule has 2 aromatic heterocycles. The van der Waals surface area contributed by atoms with E-state index >= 15 is 0 Å². The molecular weight excluding hydrogens is 442 g/mol. The van der Waals surface area contributed by atoms with E-state index in [0.29, 0.717) is 11.4 Å². The summed E-state index contributed by atoms with van der Waals surface area (Å²) < 4.78 is 37.3. The number of nitrogens with zero attached hydrogens (tertiary/aromatic N) is 1. The van der Waals surface area contributed by atoms with Gasteiger partial charge in [0, 0.05) is 7.05 Å². The van der Waals surface area contributed by atoms with Crippen molar-refractivity contribution in [2.75, 3.05) is 18.6 Å². The summed E-state index contributed by atoms with van der Waals surface area (Å²) in [6, 6.07) is 11.9. The number of hydrogen-bond acceptors (Lipinski definition) is 8. The smallest absolute Gasteiger partial charge is 0.374 e. The van der Waals surface area contributed by atoms with E-state index in [1.54, 1.807) is 36.4 Å². The zero-order valence-corrected chi connectivity index (χ0v) is 17.6. The highest BCUT2D eigenvalue weighted by Gasteiger charge is 2.22. The van der Waals surface area contributed by atoms with Gasteiger partial charge >= 0.3 is 5.97 Å². The van der Waals surface area contributed by atoms with Crippen LogP contribution in [0.1, 0.15) is 26.7 Å². The first-order valence-corrected chi connectivity index (χ1v) is 10.7. The van der Waals surface area contributed by atoms with Gasteiger partial charge in [0.05, 0.1) is 24.1 Å². The molecule has 0 radical (unpaired) electrons. The monoisotopic (exact) mass is 461 g/mol. The van der Waals surface area contributed by atoms with Crippen molar-refractivity contribution in [1.29, 1.82) is 0 Å². The van der Waals surface area contributed by atoms with Crippen molar-refractivity contribution < 1.29 is 36.4 Å². The highest BCUT2D eigenvalue weighted by Crippen LogP contribution is 2.20. The molecule has 3 aromatic rings. The van der Waals surface area contributed by atoms with Crippen molar-refractivity contribution in [2.45, 2.75) is 11.6 Å². The molecule has 0 spiro atoms. The van der Waals surface area contributed by atoms with E-state index in [1.807, 2.05) is 0 Å². The minimum atomic E-state index is -4.12. The van der Waals surface area contributed by atoms with E-state index in [0.717, 1.165) is 17.0 Å². The molecule has 1 aromatic carbocycles. The molecule has 2 amide bonds. The van der Waals surface area contributed by atoms with Crippen molar-refractivity contribution >= 4 is 33.5 Å². The maximum atomic E-state index is 12.6. The molecule has 0 aliphatic rings. The van der Waals surface area contributed by atoms with Gasteiger partial charge in [-0.05, 0) is 36.4 Å². The third-order valence-corrected chi connectivity index (χ3v) is 5.06. The second-order valence-corrected chi connectivity index (χ2v) is 7.96. The van der Waals surface area contributed by atoms with Crippen LogP contribution in [0.25, 0.3) is 0 Å². The van der Waals surface area contributed by atoms with Gasteiger partial charge in [0.1, 0.15) is 5.76 Å². The summed E-state index contributed by atoms with van der Waals surface area (Å²) in [5.41, 5.74) is 0.519. The first-order chi connectivity index (χ1) is 15.2. The quantitative estimate of drug-likeness (QED) is 0.474. The van der Waals surface area contributed by atoms with Crippen LogP contribution in [0.5, 0.6) is 0 Å². The Labute approximate surface area is 182 Å². The number of nitrogens with two attached hydrogens (primary N) is 1. The molecule has 168 valence electrons. The number of nitrogens with one attached hydrogen (secondary N) is 1. The summed E-state index contributed by atoms with van der Waals surface area (Å²) in [5.74, 6) is -1.98. The average Bonchev–Trinajstić information content (AvgIpc) is 3.47. The zero-order chi connectivity index (χ0) is 23.3. The standard InChI is InChI=1S/C20H19N3O8S/c1-23(17(24)12-30-20(26)16-8-9-18(31-16)32(21,27)28)15-7-3-2-6-14(15)19(25)22-11-13-5-4-10-29-13/h2-10H,11-12H2,1H3,(H,22,25)(H2,21,27,28). The minimum absolute atomic E-state index is 0.166. The van der Waals surface area contributed by atoms with Gasteiger partial charge in [-0.25, -0.2) is 18.4 Å². The Morgan fingerprint density at radius 2 is 1.84 bits per heavy atom. The lowest BCUT2D eigenvalue weighted by Crippen LogP contribution is -2.33. The second-order valence-electron chi connectivity index (χ2n) is 6.47. The molecule has 0 atom stereocenters. The number of para-hydroxylation sites is 1. The Bertz CT molecular complexity index is 1230. The molecule has 3 rings (SSSR count). The number of anilines is 1. The molecule has 0 fully saturated rings. The van der Waals surface area contributed by atoms with Crippen LogP contribution in [0, 0.1) is 0 Å². The maximum Gasteiger partial charge on any atom is 0.374 e. The van der Waals surface area contributed by atoms with Crippen LogP contribution in [0.15, 0.2) is 68.7 Å². The fraction of sp³-hybridized carbons (Fsp3) is 0.150. The number of hydrogen-bond donors (Lipinski definition) is 2. The van der Waals surface area contributed by atoms with Gasteiger partial charge in [0.25, 0.3) is 21.8 Å². The van der Waals surface area contributed by atoms with Crippen LogP contribution < -0.4 is 15.4 Å². The Morgan fingerprint density at radius 3 is 2.50 bits per heavy atom. The SMILES string of the molecule is CN(C(=O)COC(=O)c1ccc(S(N)(=O)=O)o1)c1ccccc1C(=O)NCc1ccco1. The molecule has 0 saturated heterocycles. The van der Waals surface area contributed by atoms with Crippen LogP contribution in [-0.2, 0) is 26.1 Å². The number of sulfonamides is 1. The molecule has 2 heterocycles. The van der Waals surface area contributed by atoms with Crippen molar-refractivity contribution in [3.05, 3.63) is 71.9 Å². The maximum absolute atomic E-state index is 12.6. The molecule has 0 unspecified atom stereocenters. The first kappa shape index (κ1) is 22.8. The molecule has 11 nitrogen and oxygen atoms in total. The van der Waals surface area contributed by atoms with Crippen molar-refractivity contribution in [3.8, 4) is 0 Å². The van der Waals surface area contributed by atoms with Gasteiger partial charge < -0.3 is 23.8 Å². The van der Waals surface area contributed by atoms with E-state index in [2.05, 4.69) is 5.32 Å². The summed E-state index contributed by atoms with van der Waals surface area (Å²) >= 11 is 0. The highest BCUT2D eigenvalue weighted by atomic mass is 32.2. The summed E-state index contributed by atoms with van der Waals surface area (Å²) in [5, 5.41) is 7.00.